The summed E-state index contributed by atoms with van der Waals surface area (Å²) in [6, 6.07) is 6.67. The second kappa shape index (κ2) is 6.00. The van der Waals surface area contributed by atoms with E-state index in [1.54, 1.807) is 11.6 Å². The molecule has 23 heavy (non-hydrogen) atoms. The molecule has 0 aliphatic carbocycles. The average Bonchev–Trinajstić information content (AvgIpc) is 2.92. The number of aromatic nitrogens is 4. The fourth-order valence-corrected chi connectivity index (χ4v) is 2.48. The fraction of sp³-hybridized carbons (Fsp3) is 0.133. The van der Waals surface area contributed by atoms with Crippen LogP contribution in [-0.4, -0.2) is 19.7 Å². The number of benzene rings is 1. The van der Waals surface area contributed by atoms with Gasteiger partial charge in [0.05, 0.1) is 0 Å². The van der Waals surface area contributed by atoms with Crippen molar-refractivity contribution in [3.63, 3.8) is 0 Å². The molecule has 4 nitrogen and oxygen atoms in total. The maximum atomic E-state index is 13.7. The Morgan fingerprint density at radius 1 is 1.13 bits per heavy atom. The average molecular weight is 339 g/mol. The normalized spacial score (nSPS) is 11.2. The van der Waals surface area contributed by atoms with Crippen LogP contribution in [0.2, 0.25) is 5.15 Å². The Kier molecular flexibility index (Phi) is 4.04. The summed E-state index contributed by atoms with van der Waals surface area (Å²) in [5, 5.41) is 7.64. The third kappa shape index (κ3) is 3.05. The molecule has 0 spiro atoms. The van der Waals surface area contributed by atoms with Gasteiger partial charge in [-0.1, -0.05) is 17.7 Å². The predicted octanol–water partition coefficient (Wildman–Crippen LogP) is 4.27. The number of halogens is 4. The van der Waals surface area contributed by atoms with Crippen LogP contribution in [0.15, 0.2) is 36.7 Å². The molecule has 0 fully saturated rings. The van der Waals surface area contributed by atoms with Crippen molar-refractivity contribution in [1.82, 2.24) is 19.7 Å². The van der Waals surface area contributed by atoms with Gasteiger partial charge in [-0.2, -0.15) is 0 Å². The molecule has 0 unspecified atom stereocenters. The van der Waals surface area contributed by atoms with E-state index in [-0.39, 0.29) is 5.15 Å². The van der Waals surface area contributed by atoms with Crippen LogP contribution in [0.4, 0.5) is 13.2 Å². The van der Waals surface area contributed by atoms with Gasteiger partial charge in [-0.3, -0.25) is 0 Å². The quantitative estimate of drug-likeness (QED) is 0.670. The zero-order valence-electron chi connectivity index (χ0n) is 11.8. The molecule has 8 heteroatoms. The summed E-state index contributed by atoms with van der Waals surface area (Å²) >= 11 is 5.83. The molecular weight excluding hydrogens is 329 g/mol. The number of hydrogen-bond donors (Lipinski definition) is 0. The van der Waals surface area contributed by atoms with E-state index in [0.717, 1.165) is 0 Å². The smallest absolute Gasteiger partial charge is 0.280 e. The highest BCUT2D eigenvalue weighted by atomic mass is 35.5. The Morgan fingerprint density at radius 3 is 2.57 bits per heavy atom. The summed E-state index contributed by atoms with van der Waals surface area (Å²) in [5.41, 5.74) is 0.889. The summed E-state index contributed by atoms with van der Waals surface area (Å²) in [6.07, 6.45) is -1.29. The van der Waals surface area contributed by atoms with Crippen LogP contribution in [0, 0.1) is 5.82 Å². The molecule has 0 aliphatic heterocycles. The first-order valence-electron chi connectivity index (χ1n) is 6.55. The maximum absolute atomic E-state index is 13.7. The first kappa shape index (κ1) is 15.5. The summed E-state index contributed by atoms with van der Waals surface area (Å²) in [4.78, 5) is 3.59. The number of rotatable bonds is 3. The van der Waals surface area contributed by atoms with Crippen LogP contribution in [0.5, 0.6) is 0 Å². The van der Waals surface area contributed by atoms with Crippen molar-refractivity contribution in [1.29, 1.82) is 0 Å². The standard InChI is InChI=1S/C15H10ClF3N4/c1-23-7-20-22-15(23)11-6-9(17)2-3-10(11)8-4-12(14(18)19)21-13(16)5-8/h2-7,14H,1H3. The first-order valence-corrected chi connectivity index (χ1v) is 6.93. The van der Waals surface area contributed by atoms with Crippen molar-refractivity contribution in [2.24, 2.45) is 7.05 Å². The van der Waals surface area contributed by atoms with Gasteiger partial charge in [0.1, 0.15) is 23.0 Å². The summed E-state index contributed by atoms with van der Waals surface area (Å²) in [5.74, 6) is -0.0629. The van der Waals surface area contributed by atoms with E-state index in [1.165, 1.54) is 36.7 Å². The van der Waals surface area contributed by atoms with E-state index in [0.29, 0.717) is 22.5 Å². The van der Waals surface area contributed by atoms with Crippen molar-refractivity contribution in [3.05, 3.63) is 53.3 Å². The summed E-state index contributed by atoms with van der Waals surface area (Å²) < 4.78 is 41.1. The Hall–Kier alpha value is -2.41. The maximum Gasteiger partial charge on any atom is 0.280 e. The van der Waals surface area contributed by atoms with Gasteiger partial charge in [-0.15, -0.1) is 10.2 Å². The topological polar surface area (TPSA) is 43.6 Å². The minimum Gasteiger partial charge on any atom is -0.317 e. The molecule has 0 saturated heterocycles. The lowest BCUT2D eigenvalue weighted by Crippen LogP contribution is -1.97. The van der Waals surface area contributed by atoms with Gasteiger partial charge >= 0.3 is 0 Å². The Balaban J connectivity index is 2.23. The van der Waals surface area contributed by atoms with Gasteiger partial charge in [0.2, 0.25) is 0 Å². The molecule has 0 bridgehead atoms. The second-order valence-electron chi connectivity index (χ2n) is 4.86. The lowest BCUT2D eigenvalue weighted by molar-refractivity contribution is 0.146. The molecule has 3 rings (SSSR count). The molecule has 118 valence electrons. The van der Waals surface area contributed by atoms with Crippen molar-refractivity contribution >= 4 is 11.6 Å². The zero-order valence-corrected chi connectivity index (χ0v) is 12.6. The number of aryl methyl sites for hydroxylation is 1. The van der Waals surface area contributed by atoms with E-state index in [9.17, 15) is 13.2 Å². The van der Waals surface area contributed by atoms with E-state index in [1.807, 2.05) is 0 Å². The largest absolute Gasteiger partial charge is 0.317 e. The molecule has 0 aliphatic rings. The van der Waals surface area contributed by atoms with Gasteiger partial charge in [0, 0.05) is 12.6 Å². The minimum atomic E-state index is -2.76. The number of hydrogen-bond acceptors (Lipinski definition) is 3. The van der Waals surface area contributed by atoms with Crippen molar-refractivity contribution in [2.45, 2.75) is 6.43 Å². The van der Waals surface area contributed by atoms with Crippen LogP contribution in [0.1, 0.15) is 12.1 Å². The van der Waals surface area contributed by atoms with Crippen molar-refractivity contribution < 1.29 is 13.2 Å². The second-order valence-corrected chi connectivity index (χ2v) is 5.25. The highest BCUT2D eigenvalue weighted by Crippen LogP contribution is 2.34. The summed E-state index contributed by atoms with van der Waals surface area (Å²) in [7, 11) is 1.70. The highest BCUT2D eigenvalue weighted by molar-refractivity contribution is 6.29. The molecule has 0 amide bonds. The molecule has 0 radical (unpaired) electrons. The third-order valence-corrected chi connectivity index (χ3v) is 3.48. The molecule has 3 aromatic rings. The Morgan fingerprint density at radius 2 is 1.91 bits per heavy atom. The van der Waals surface area contributed by atoms with Crippen LogP contribution >= 0.6 is 11.6 Å². The lowest BCUT2D eigenvalue weighted by atomic mass is 9.99. The SMILES string of the molecule is Cn1cnnc1-c1cc(F)ccc1-c1cc(Cl)nc(C(F)F)c1. The molecular formula is C15H10ClF3N4. The number of alkyl halides is 2. The number of pyridine rings is 1. The van der Waals surface area contributed by atoms with E-state index in [2.05, 4.69) is 15.2 Å². The van der Waals surface area contributed by atoms with Crippen LogP contribution in [0.3, 0.4) is 0 Å². The third-order valence-electron chi connectivity index (χ3n) is 3.28. The van der Waals surface area contributed by atoms with Crippen LogP contribution in [0.25, 0.3) is 22.5 Å². The van der Waals surface area contributed by atoms with Gasteiger partial charge in [-0.05, 0) is 35.4 Å². The fourth-order valence-electron chi connectivity index (χ4n) is 2.26. The van der Waals surface area contributed by atoms with Gasteiger partial charge in [-0.25, -0.2) is 18.2 Å². The number of nitrogens with zero attached hydrogens (tertiary/aromatic N) is 4. The highest BCUT2D eigenvalue weighted by Gasteiger charge is 2.17. The molecule has 0 N–H and O–H groups in total. The van der Waals surface area contributed by atoms with Crippen molar-refractivity contribution in [2.75, 3.05) is 0 Å². The zero-order chi connectivity index (χ0) is 16.6. The molecule has 0 saturated carbocycles. The van der Waals surface area contributed by atoms with Crippen molar-refractivity contribution in [3.8, 4) is 22.5 Å². The predicted molar refractivity (Wildman–Crippen MR) is 79.6 cm³/mol. The summed E-state index contributed by atoms with van der Waals surface area (Å²) in [6.45, 7) is 0. The molecule has 1 aromatic carbocycles. The van der Waals surface area contributed by atoms with Gasteiger partial charge in [0.25, 0.3) is 6.43 Å². The molecule has 2 aromatic heterocycles. The molecule has 2 heterocycles. The Bertz CT molecular complexity index is 864. The minimum absolute atomic E-state index is 0.0639. The van der Waals surface area contributed by atoms with Crippen LogP contribution in [-0.2, 0) is 7.05 Å². The van der Waals surface area contributed by atoms with Gasteiger partial charge < -0.3 is 4.57 Å². The monoisotopic (exact) mass is 338 g/mol. The Labute approximate surface area is 134 Å². The first-order chi connectivity index (χ1) is 11.0. The van der Waals surface area contributed by atoms with Gasteiger partial charge in [0.15, 0.2) is 5.82 Å². The van der Waals surface area contributed by atoms with E-state index in [4.69, 9.17) is 11.6 Å². The van der Waals surface area contributed by atoms with E-state index >= 15 is 0 Å². The molecule has 0 atom stereocenters. The lowest BCUT2D eigenvalue weighted by Gasteiger charge is -2.11. The van der Waals surface area contributed by atoms with Crippen LogP contribution < -0.4 is 0 Å². The van der Waals surface area contributed by atoms with E-state index < -0.39 is 17.9 Å².